The van der Waals surface area contributed by atoms with Gasteiger partial charge in [0.15, 0.2) is 6.29 Å². The molecule has 2 fully saturated rings. The molecule has 9 heteroatoms. The largest absolute Gasteiger partial charge is 0.392 e. The summed E-state index contributed by atoms with van der Waals surface area (Å²) in [5.41, 5.74) is 5.93. The lowest BCUT2D eigenvalue weighted by molar-refractivity contribution is -0.252. The lowest BCUT2D eigenvalue weighted by Gasteiger charge is -2.38. The first-order valence-corrected chi connectivity index (χ1v) is 16.5. The molecule has 0 spiro atoms. The van der Waals surface area contributed by atoms with Gasteiger partial charge in [0, 0.05) is 58.1 Å². The van der Waals surface area contributed by atoms with E-state index in [2.05, 4.69) is 39.8 Å². The second kappa shape index (κ2) is 16.8. The van der Waals surface area contributed by atoms with E-state index >= 15 is 0 Å². The van der Waals surface area contributed by atoms with Gasteiger partial charge in [-0.2, -0.15) is 0 Å². The summed E-state index contributed by atoms with van der Waals surface area (Å²) in [5.74, 6) is -0.00148. The number of carbonyl (C=O) groups is 2. The number of amides is 2. The smallest absolute Gasteiger partial charge is 0.220 e. The Morgan fingerprint density at radius 1 is 0.891 bits per heavy atom. The van der Waals surface area contributed by atoms with Crippen LogP contribution < -0.4 is 10.6 Å². The quantitative estimate of drug-likeness (QED) is 0.190. The number of aliphatic hydroxyl groups excluding tert-OH is 2. The molecular formula is C37H47N3O6. The highest BCUT2D eigenvalue weighted by Gasteiger charge is 2.34. The van der Waals surface area contributed by atoms with Crippen molar-refractivity contribution in [2.24, 2.45) is 0 Å². The van der Waals surface area contributed by atoms with E-state index in [0.717, 1.165) is 72.2 Å². The normalized spacial score (nSPS) is 21.6. The standard InChI is InChI=1S/C37H47N3O6/c1-26(42)38-17-4-2-3-11-36(44)39-22-28-7-5-8-30(19-28)31-9-6-10-32(20-31)37-45-34(24-40-18-16-33(43)23-40)21-35(46-37)29-14-12-27(25-41)13-15-29/h5-10,12-15,19-20,33-35,37,41,43H,2-4,11,16-18,21-25H2,1H3,(H,38,42)(H,39,44). The average molecular weight is 630 g/mol. The van der Waals surface area contributed by atoms with Crippen LogP contribution in [-0.4, -0.2) is 65.3 Å². The Balaban J connectivity index is 1.23. The number of aliphatic hydroxyl groups is 2. The summed E-state index contributed by atoms with van der Waals surface area (Å²) in [4.78, 5) is 25.6. The van der Waals surface area contributed by atoms with Gasteiger partial charge in [-0.25, -0.2) is 0 Å². The van der Waals surface area contributed by atoms with E-state index in [1.54, 1.807) is 0 Å². The predicted molar refractivity (Wildman–Crippen MR) is 176 cm³/mol. The first kappa shape index (κ1) is 33.8. The molecule has 3 aromatic rings. The molecule has 46 heavy (non-hydrogen) atoms. The molecule has 0 radical (unpaired) electrons. The van der Waals surface area contributed by atoms with E-state index < -0.39 is 6.29 Å². The van der Waals surface area contributed by atoms with Gasteiger partial charge in [0.05, 0.1) is 24.9 Å². The van der Waals surface area contributed by atoms with Crippen molar-refractivity contribution in [3.05, 3.63) is 95.1 Å². The molecule has 0 saturated carbocycles. The zero-order chi connectivity index (χ0) is 32.3. The molecule has 4 N–H and O–H groups in total. The second-order valence-electron chi connectivity index (χ2n) is 12.4. The van der Waals surface area contributed by atoms with Crippen LogP contribution in [0.25, 0.3) is 11.1 Å². The van der Waals surface area contributed by atoms with Crippen molar-refractivity contribution in [1.82, 2.24) is 15.5 Å². The highest BCUT2D eigenvalue weighted by atomic mass is 16.7. The Kier molecular flexibility index (Phi) is 12.3. The molecule has 2 aliphatic rings. The zero-order valence-corrected chi connectivity index (χ0v) is 26.7. The lowest BCUT2D eigenvalue weighted by Crippen LogP contribution is -2.38. The molecule has 3 aromatic carbocycles. The maximum absolute atomic E-state index is 12.4. The highest BCUT2D eigenvalue weighted by Crippen LogP contribution is 2.39. The van der Waals surface area contributed by atoms with Crippen molar-refractivity contribution in [3.63, 3.8) is 0 Å². The molecule has 9 nitrogen and oxygen atoms in total. The molecule has 246 valence electrons. The molecule has 2 amide bonds. The Morgan fingerprint density at radius 2 is 1.67 bits per heavy atom. The third-order valence-corrected chi connectivity index (χ3v) is 8.69. The maximum atomic E-state index is 12.4. The summed E-state index contributed by atoms with van der Waals surface area (Å²) in [6, 6.07) is 24.3. The highest BCUT2D eigenvalue weighted by molar-refractivity contribution is 5.76. The van der Waals surface area contributed by atoms with Gasteiger partial charge in [0.2, 0.25) is 11.8 Å². The first-order valence-electron chi connectivity index (χ1n) is 16.5. The van der Waals surface area contributed by atoms with Crippen molar-refractivity contribution < 1.29 is 29.3 Å². The van der Waals surface area contributed by atoms with Gasteiger partial charge in [-0.15, -0.1) is 0 Å². The lowest BCUT2D eigenvalue weighted by atomic mass is 9.98. The third-order valence-electron chi connectivity index (χ3n) is 8.69. The maximum Gasteiger partial charge on any atom is 0.220 e. The fourth-order valence-corrected chi connectivity index (χ4v) is 6.17. The van der Waals surface area contributed by atoms with Gasteiger partial charge in [0.25, 0.3) is 0 Å². The first-order chi connectivity index (χ1) is 22.4. The van der Waals surface area contributed by atoms with E-state index in [9.17, 15) is 19.8 Å². The van der Waals surface area contributed by atoms with Gasteiger partial charge in [-0.3, -0.25) is 14.5 Å². The van der Waals surface area contributed by atoms with Crippen LogP contribution in [0.2, 0.25) is 0 Å². The number of likely N-dealkylation sites (tertiary alicyclic amines) is 1. The second-order valence-corrected chi connectivity index (χ2v) is 12.4. The van der Waals surface area contributed by atoms with Crippen LogP contribution in [0.1, 0.15) is 80.1 Å². The van der Waals surface area contributed by atoms with E-state index in [1.807, 2.05) is 48.5 Å². The molecule has 0 aliphatic carbocycles. The number of unbranched alkanes of at least 4 members (excludes halogenated alkanes) is 2. The Bertz CT molecular complexity index is 1430. The monoisotopic (exact) mass is 629 g/mol. The number of rotatable bonds is 14. The molecule has 2 aliphatic heterocycles. The van der Waals surface area contributed by atoms with Crippen LogP contribution in [0.15, 0.2) is 72.8 Å². The minimum absolute atomic E-state index is 0.0000596. The van der Waals surface area contributed by atoms with Crippen LogP contribution >= 0.6 is 0 Å². The minimum atomic E-state index is -0.561. The Morgan fingerprint density at radius 3 is 2.41 bits per heavy atom. The van der Waals surface area contributed by atoms with Crippen molar-refractivity contribution in [3.8, 4) is 11.1 Å². The SMILES string of the molecule is CC(=O)NCCCCCC(=O)NCc1cccc(-c2cccc(C3OC(CN4CCC(O)C4)CC(c4ccc(CO)cc4)O3)c2)c1. The van der Waals surface area contributed by atoms with Crippen molar-refractivity contribution in [2.45, 2.75) is 83.2 Å². The Labute approximate surface area is 271 Å². The number of β-amino-alcohol motifs (C(OH)–C–C–N with tert-alkyl or cyclic N) is 1. The zero-order valence-electron chi connectivity index (χ0n) is 26.7. The number of nitrogens with one attached hydrogen (secondary N) is 2. The van der Waals surface area contributed by atoms with Gasteiger partial charge in [-0.1, -0.05) is 67.1 Å². The molecular weight excluding hydrogens is 582 g/mol. The topological polar surface area (TPSA) is 120 Å². The number of ether oxygens (including phenoxy) is 2. The van der Waals surface area contributed by atoms with Gasteiger partial charge < -0.3 is 30.3 Å². The number of benzene rings is 3. The number of hydrogen-bond donors (Lipinski definition) is 4. The van der Waals surface area contributed by atoms with Crippen molar-refractivity contribution in [1.29, 1.82) is 0 Å². The van der Waals surface area contributed by atoms with Crippen LogP contribution in [0.5, 0.6) is 0 Å². The molecule has 0 aromatic heterocycles. The molecule has 5 rings (SSSR count). The van der Waals surface area contributed by atoms with Crippen LogP contribution in [-0.2, 0) is 32.2 Å². The molecule has 4 unspecified atom stereocenters. The number of carbonyl (C=O) groups excluding carboxylic acids is 2. The minimum Gasteiger partial charge on any atom is -0.392 e. The summed E-state index contributed by atoms with van der Waals surface area (Å²) < 4.78 is 13.1. The fourth-order valence-electron chi connectivity index (χ4n) is 6.17. The van der Waals surface area contributed by atoms with Gasteiger partial charge in [-0.05, 0) is 59.2 Å². The van der Waals surface area contributed by atoms with Crippen molar-refractivity contribution >= 4 is 11.8 Å². The van der Waals surface area contributed by atoms with Crippen LogP contribution in [0.3, 0.4) is 0 Å². The van der Waals surface area contributed by atoms with Crippen LogP contribution in [0, 0.1) is 0 Å². The fraction of sp³-hybridized carbons (Fsp3) is 0.459. The average Bonchev–Trinajstić information content (AvgIpc) is 3.49. The molecule has 4 atom stereocenters. The summed E-state index contributed by atoms with van der Waals surface area (Å²) in [6.45, 7) is 4.85. The number of hydrogen-bond acceptors (Lipinski definition) is 7. The van der Waals surface area contributed by atoms with E-state index in [-0.39, 0.29) is 36.7 Å². The van der Waals surface area contributed by atoms with E-state index in [4.69, 9.17) is 9.47 Å². The summed E-state index contributed by atoms with van der Waals surface area (Å²) in [6.07, 6.45) is 3.42. The summed E-state index contributed by atoms with van der Waals surface area (Å²) >= 11 is 0. The molecule has 2 heterocycles. The third kappa shape index (κ3) is 9.95. The summed E-state index contributed by atoms with van der Waals surface area (Å²) in [5, 5.41) is 25.4. The van der Waals surface area contributed by atoms with Gasteiger partial charge >= 0.3 is 0 Å². The van der Waals surface area contributed by atoms with Crippen molar-refractivity contribution in [2.75, 3.05) is 26.2 Å². The molecule has 2 saturated heterocycles. The predicted octanol–water partition coefficient (Wildman–Crippen LogP) is 4.77. The van der Waals surface area contributed by atoms with E-state index in [0.29, 0.717) is 32.5 Å². The Hall–Kier alpha value is -3.60. The van der Waals surface area contributed by atoms with E-state index in [1.165, 1.54) is 6.92 Å². The number of nitrogens with zero attached hydrogens (tertiary/aromatic N) is 1. The van der Waals surface area contributed by atoms with Crippen LogP contribution in [0.4, 0.5) is 0 Å². The summed E-state index contributed by atoms with van der Waals surface area (Å²) in [7, 11) is 0. The van der Waals surface area contributed by atoms with Gasteiger partial charge in [0.1, 0.15) is 0 Å². The molecule has 0 bridgehead atoms.